The third-order valence-electron chi connectivity index (χ3n) is 1.99. The van der Waals surface area contributed by atoms with Crippen molar-refractivity contribution in [2.75, 3.05) is 19.5 Å². The average Bonchev–Trinajstić information content (AvgIpc) is 2.23. The van der Waals surface area contributed by atoms with Crippen LogP contribution in [0.1, 0.15) is 6.92 Å². The summed E-state index contributed by atoms with van der Waals surface area (Å²) >= 11 is 0. The summed E-state index contributed by atoms with van der Waals surface area (Å²) in [5.41, 5.74) is 0.725. The zero-order valence-electron chi connectivity index (χ0n) is 9.03. The fourth-order valence-corrected chi connectivity index (χ4v) is 1.30. The lowest BCUT2D eigenvalue weighted by Crippen LogP contribution is -2.33. The second kappa shape index (κ2) is 5.63. The molecule has 0 aliphatic rings. The van der Waals surface area contributed by atoms with Crippen LogP contribution in [0.3, 0.4) is 0 Å². The summed E-state index contributed by atoms with van der Waals surface area (Å²) < 4.78 is 22.7. The first kappa shape index (κ1) is 11.9. The highest BCUT2D eigenvalue weighted by Gasteiger charge is 2.15. The molecule has 0 fully saturated rings. The third kappa shape index (κ3) is 3.45. The van der Waals surface area contributed by atoms with Crippen molar-refractivity contribution in [2.24, 2.45) is 0 Å². The molecule has 1 aromatic rings. The minimum Gasteiger partial charge on any atom is -0.376 e. The van der Waals surface area contributed by atoms with Gasteiger partial charge >= 0.3 is 0 Å². The second-order valence-corrected chi connectivity index (χ2v) is 3.14. The monoisotopic (exact) mass is 214 g/mol. The van der Waals surface area contributed by atoms with Gasteiger partial charge in [0, 0.05) is 14.2 Å². The molecule has 0 aliphatic heterocycles. The van der Waals surface area contributed by atoms with Gasteiger partial charge in [0.05, 0.1) is 17.9 Å². The van der Waals surface area contributed by atoms with Crippen LogP contribution in [0.15, 0.2) is 18.3 Å². The smallest absolute Gasteiger partial charge is 0.212 e. The molecule has 0 spiro atoms. The Bertz CT molecular complexity index is 288. The number of nitrogens with zero attached hydrogens (tertiary/aromatic N) is 1. The fraction of sp³-hybridized carbons (Fsp3) is 0.500. The van der Waals surface area contributed by atoms with Gasteiger partial charge in [-0.15, -0.1) is 0 Å². The van der Waals surface area contributed by atoms with Crippen LogP contribution in [-0.4, -0.2) is 31.5 Å². The Morgan fingerprint density at radius 1 is 1.33 bits per heavy atom. The highest BCUT2D eigenvalue weighted by Crippen LogP contribution is 2.10. The Morgan fingerprint density at radius 2 is 2.00 bits per heavy atom. The van der Waals surface area contributed by atoms with Gasteiger partial charge in [0.15, 0.2) is 6.29 Å². The first-order chi connectivity index (χ1) is 7.17. The summed E-state index contributed by atoms with van der Waals surface area (Å²) in [6, 6.07) is 2.86. The van der Waals surface area contributed by atoms with Gasteiger partial charge in [-0.2, -0.15) is 4.39 Å². The van der Waals surface area contributed by atoms with E-state index in [9.17, 15) is 4.39 Å². The van der Waals surface area contributed by atoms with Gasteiger partial charge in [-0.3, -0.25) is 0 Å². The molecule has 1 rings (SSSR count). The topological polar surface area (TPSA) is 43.4 Å². The van der Waals surface area contributed by atoms with Crippen molar-refractivity contribution < 1.29 is 13.9 Å². The molecule has 1 aromatic heterocycles. The van der Waals surface area contributed by atoms with Gasteiger partial charge in [0.25, 0.3) is 0 Å². The maximum atomic E-state index is 12.5. The number of pyridine rings is 1. The van der Waals surface area contributed by atoms with Crippen LogP contribution in [0, 0.1) is 5.95 Å². The molecule has 84 valence electrons. The van der Waals surface area contributed by atoms with Crippen molar-refractivity contribution in [3.63, 3.8) is 0 Å². The van der Waals surface area contributed by atoms with Crippen molar-refractivity contribution in [1.29, 1.82) is 0 Å². The summed E-state index contributed by atoms with van der Waals surface area (Å²) in [4.78, 5) is 3.53. The molecular formula is C10H15FN2O2. The Hall–Kier alpha value is -1.20. The zero-order valence-corrected chi connectivity index (χ0v) is 9.03. The average molecular weight is 214 g/mol. The van der Waals surface area contributed by atoms with Crippen LogP contribution < -0.4 is 5.32 Å². The SMILES string of the molecule is COC(OC)C(C)Nc1ccc(F)nc1. The van der Waals surface area contributed by atoms with E-state index in [0.29, 0.717) is 0 Å². The molecule has 0 radical (unpaired) electrons. The number of aromatic nitrogens is 1. The predicted octanol–water partition coefficient (Wildman–Crippen LogP) is 1.64. The largest absolute Gasteiger partial charge is 0.376 e. The van der Waals surface area contributed by atoms with Crippen molar-refractivity contribution in [1.82, 2.24) is 4.98 Å². The number of ether oxygens (including phenoxy) is 2. The number of hydrogen-bond donors (Lipinski definition) is 1. The summed E-state index contributed by atoms with van der Waals surface area (Å²) in [5, 5.41) is 3.09. The van der Waals surface area contributed by atoms with Crippen molar-refractivity contribution in [3.8, 4) is 0 Å². The van der Waals surface area contributed by atoms with Crippen LogP contribution in [0.2, 0.25) is 0 Å². The maximum absolute atomic E-state index is 12.5. The van der Waals surface area contributed by atoms with Gasteiger partial charge in [-0.25, -0.2) is 4.98 Å². The highest BCUT2D eigenvalue weighted by atomic mass is 19.1. The fourth-order valence-electron chi connectivity index (χ4n) is 1.30. The number of methoxy groups -OCH3 is 2. The van der Waals surface area contributed by atoms with Crippen LogP contribution >= 0.6 is 0 Å². The quantitative estimate of drug-likeness (QED) is 0.597. The van der Waals surface area contributed by atoms with Gasteiger partial charge in [-0.1, -0.05) is 0 Å². The Balaban J connectivity index is 2.57. The lowest BCUT2D eigenvalue weighted by molar-refractivity contribution is -0.109. The molecule has 1 unspecified atom stereocenters. The number of halogens is 1. The number of anilines is 1. The number of nitrogens with one attached hydrogen (secondary N) is 1. The Labute approximate surface area is 88.4 Å². The van der Waals surface area contributed by atoms with Gasteiger partial charge < -0.3 is 14.8 Å². The van der Waals surface area contributed by atoms with E-state index in [1.165, 1.54) is 12.3 Å². The van der Waals surface area contributed by atoms with E-state index in [-0.39, 0.29) is 12.3 Å². The molecule has 0 aliphatic carbocycles. The van der Waals surface area contributed by atoms with E-state index >= 15 is 0 Å². The minimum absolute atomic E-state index is 0.0488. The summed E-state index contributed by atoms with van der Waals surface area (Å²) in [7, 11) is 3.13. The highest BCUT2D eigenvalue weighted by molar-refractivity contribution is 5.40. The Morgan fingerprint density at radius 3 is 2.47 bits per heavy atom. The summed E-state index contributed by atoms with van der Waals surface area (Å²) in [6.45, 7) is 1.90. The molecule has 4 nitrogen and oxygen atoms in total. The van der Waals surface area contributed by atoms with Gasteiger partial charge in [-0.05, 0) is 19.1 Å². The maximum Gasteiger partial charge on any atom is 0.212 e. The van der Waals surface area contributed by atoms with Crippen molar-refractivity contribution >= 4 is 5.69 Å². The molecule has 0 saturated carbocycles. The van der Waals surface area contributed by atoms with Gasteiger partial charge in [0.1, 0.15) is 0 Å². The normalized spacial score (nSPS) is 12.9. The van der Waals surface area contributed by atoms with E-state index in [1.807, 2.05) is 6.92 Å². The van der Waals surface area contributed by atoms with Crippen LogP contribution in [-0.2, 0) is 9.47 Å². The molecule has 0 saturated heterocycles. The van der Waals surface area contributed by atoms with Crippen molar-refractivity contribution in [3.05, 3.63) is 24.3 Å². The van der Waals surface area contributed by atoms with Crippen LogP contribution in [0.5, 0.6) is 0 Å². The molecule has 0 aromatic carbocycles. The lowest BCUT2D eigenvalue weighted by Gasteiger charge is -2.22. The van der Waals surface area contributed by atoms with Crippen LogP contribution in [0.4, 0.5) is 10.1 Å². The first-order valence-corrected chi connectivity index (χ1v) is 4.61. The molecular weight excluding hydrogens is 199 g/mol. The number of rotatable bonds is 5. The van der Waals surface area contributed by atoms with Gasteiger partial charge in [0.2, 0.25) is 5.95 Å². The number of hydrogen-bond acceptors (Lipinski definition) is 4. The Kier molecular flexibility index (Phi) is 4.45. The first-order valence-electron chi connectivity index (χ1n) is 4.61. The molecule has 1 heterocycles. The molecule has 1 N–H and O–H groups in total. The third-order valence-corrected chi connectivity index (χ3v) is 1.99. The molecule has 15 heavy (non-hydrogen) atoms. The zero-order chi connectivity index (χ0) is 11.3. The van der Waals surface area contributed by atoms with Crippen molar-refractivity contribution in [2.45, 2.75) is 19.3 Å². The summed E-state index contributed by atoms with van der Waals surface area (Å²) in [5.74, 6) is -0.497. The molecule has 5 heteroatoms. The molecule has 1 atom stereocenters. The summed E-state index contributed by atoms with van der Waals surface area (Å²) in [6.07, 6.45) is 1.07. The molecule has 0 amide bonds. The second-order valence-electron chi connectivity index (χ2n) is 3.14. The van der Waals surface area contributed by atoms with E-state index in [0.717, 1.165) is 5.69 Å². The van der Waals surface area contributed by atoms with E-state index in [2.05, 4.69) is 10.3 Å². The molecule has 0 bridgehead atoms. The predicted molar refractivity (Wildman–Crippen MR) is 55.1 cm³/mol. The van der Waals surface area contributed by atoms with E-state index < -0.39 is 5.95 Å². The van der Waals surface area contributed by atoms with E-state index in [1.54, 1.807) is 20.3 Å². The standard InChI is InChI=1S/C10H15FN2O2/c1-7(10(14-2)15-3)13-8-4-5-9(11)12-6-8/h4-7,10,13H,1-3H3. The minimum atomic E-state index is -0.497. The van der Waals surface area contributed by atoms with E-state index in [4.69, 9.17) is 9.47 Å². The lowest BCUT2D eigenvalue weighted by atomic mass is 10.3. The van der Waals surface area contributed by atoms with Crippen LogP contribution in [0.25, 0.3) is 0 Å².